The minimum atomic E-state index is 0.705. The number of hydrogen-bond acceptors (Lipinski definition) is 2. The Balaban J connectivity index is 1.92. The predicted molar refractivity (Wildman–Crippen MR) is 72.7 cm³/mol. The van der Waals surface area contributed by atoms with Crippen LogP contribution in [0.3, 0.4) is 0 Å². The Morgan fingerprint density at radius 2 is 2.24 bits per heavy atom. The van der Waals surface area contributed by atoms with Crippen LogP contribution in [0.15, 0.2) is 18.2 Å². The van der Waals surface area contributed by atoms with Gasteiger partial charge in [0.05, 0.1) is 0 Å². The summed E-state index contributed by atoms with van der Waals surface area (Å²) < 4.78 is 0. The van der Waals surface area contributed by atoms with Crippen LogP contribution >= 0.6 is 11.6 Å². The minimum absolute atomic E-state index is 0.705. The summed E-state index contributed by atoms with van der Waals surface area (Å²) in [6.45, 7) is 1.92. The molecular weight excluding hydrogens is 232 g/mol. The fourth-order valence-corrected chi connectivity index (χ4v) is 3.56. The molecule has 2 nitrogen and oxygen atoms in total. The number of nitrogens with zero attached hydrogens (tertiary/aromatic N) is 1. The lowest BCUT2D eigenvalue weighted by Gasteiger charge is -2.31. The van der Waals surface area contributed by atoms with Crippen molar-refractivity contribution in [3.8, 4) is 0 Å². The van der Waals surface area contributed by atoms with Crippen molar-refractivity contribution >= 4 is 17.3 Å². The average molecular weight is 251 g/mol. The van der Waals surface area contributed by atoms with Gasteiger partial charge in [-0.1, -0.05) is 17.7 Å². The van der Waals surface area contributed by atoms with E-state index < -0.39 is 0 Å². The van der Waals surface area contributed by atoms with Gasteiger partial charge in [-0.25, -0.2) is 0 Å². The number of piperidine rings is 1. The maximum absolute atomic E-state index is 6.14. The van der Waals surface area contributed by atoms with Crippen LogP contribution in [0.1, 0.15) is 24.8 Å². The lowest BCUT2D eigenvalue weighted by Crippen LogP contribution is -2.32. The summed E-state index contributed by atoms with van der Waals surface area (Å²) >= 11 is 6.14. The Morgan fingerprint density at radius 1 is 1.35 bits per heavy atom. The van der Waals surface area contributed by atoms with Crippen molar-refractivity contribution in [2.75, 3.05) is 18.0 Å². The Bertz CT molecular complexity index is 419. The summed E-state index contributed by atoms with van der Waals surface area (Å²) in [6.07, 6.45) is 5.07. The topological polar surface area (TPSA) is 29.3 Å². The number of halogens is 1. The largest absolute Gasteiger partial charge is 0.368 e. The van der Waals surface area contributed by atoms with Crippen molar-refractivity contribution in [2.24, 2.45) is 11.7 Å². The summed E-state index contributed by atoms with van der Waals surface area (Å²) in [5.74, 6) is 0.907. The zero-order valence-electron chi connectivity index (χ0n) is 10.0. The highest BCUT2D eigenvalue weighted by atomic mass is 35.5. The minimum Gasteiger partial charge on any atom is -0.368 e. The molecule has 2 fully saturated rings. The third-order valence-corrected chi connectivity index (χ3v) is 4.41. The van der Waals surface area contributed by atoms with E-state index in [0.717, 1.165) is 23.4 Å². The molecule has 2 atom stereocenters. The molecule has 0 amide bonds. The molecule has 17 heavy (non-hydrogen) atoms. The molecule has 1 aromatic carbocycles. The van der Waals surface area contributed by atoms with Crippen LogP contribution < -0.4 is 10.6 Å². The second kappa shape index (κ2) is 4.51. The second-order valence-corrected chi connectivity index (χ2v) is 5.73. The van der Waals surface area contributed by atoms with Crippen LogP contribution in [-0.4, -0.2) is 19.1 Å². The van der Waals surface area contributed by atoms with Crippen molar-refractivity contribution in [3.05, 3.63) is 28.8 Å². The summed E-state index contributed by atoms with van der Waals surface area (Å²) in [5, 5.41) is 0.837. The Labute approximate surface area is 108 Å². The summed E-state index contributed by atoms with van der Waals surface area (Å²) in [5.41, 5.74) is 8.37. The second-order valence-electron chi connectivity index (χ2n) is 5.30. The van der Waals surface area contributed by atoms with E-state index in [0.29, 0.717) is 6.54 Å². The van der Waals surface area contributed by atoms with E-state index in [-0.39, 0.29) is 0 Å². The third-order valence-electron chi connectivity index (χ3n) is 4.18. The van der Waals surface area contributed by atoms with Gasteiger partial charge < -0.3 is 10.6 Å². The van der Waals surface area contributed by atoms with Gasteiger partial charge in [-0.15, -0.1) is 0 Å². The van der Waals surface area contributed by atoms with E-state index in [1.165, 1.54) is 37.1 Å². The van der Waals surface area contributed by atoms with Crippen molar-refractivity contribution in [1.29, 1.82) is 0 Å². The van der Waals surface area contributed by atoms with Crippen LogP contribution in [-0.2, 0) is 6.42 Å². The van der Waals surface area contributed by atoms with E-state index in [1.807, 2.05) is 6.07 Å². The van der Waals surface area contributed by atoms with Crippen molar-refractivity contribution < 1.29 is 0 Å². The average Bonchev–Trinajstić information content (AvgIpc) is 2.93. The highest BCUT2D eigenvalue weighted by Gasteiger charge is 2.38. The monoisotopic (exact) mass is 250 g/mol. The normalized spacial score (nSPS) is 26.8. The van der Waals surface area contributed by atoms with E-state index >= 15 is 0 Å². The Kier molecular flexibility index (Phi) is 3.01. The van der Waals surface area contributed by atoms with Gasteiger partial charge in [0.1, 0.15) is 0 Å². The molecule has 1 aliphatic carbocycles. The quantitative estimate of drug-likeness (QED) is 0.894. The molecular formula is C14H19ClN2. The molecule has 3 heteroatoms. The molecule has 1 heterocycles. The molecule has 0 spiro atoms. The summed E-state index contributed by atoms with van der Waals surface area (Å²) in [4.78, 5) is 2.56. The van der Waals surface area contributed by atoms with Gasteiger partial charge in [-0.3, -0.25) is 0 Å². The highest BCUT2D eigenvalue weighted by molar-refractivity contribution is 6.30. The van der Waals surface area contributed by atoms with Crippen molar-refractivity contribution in [1.82, 2.24) is 0 Å². The molecule has 1 saturated carbocycles. The highest BCUT2D eigenvalue weighted by Crippen LogP contribution is 2.41. The molecule has 2 unspecified atom stereocenters. The van der Waals surface area contributed by atoms with E-state index in [1.54, 1.807) is 0 Å². The SMILES string of the molecule is NCCc1ccc(Cl)cc1N1CC2CCC1C2. The number of nitrogens with two attached hydrogens (primary N) is 1. The fraction of sp³-hybridized carbons (Fsp3) is 0.571. The van der Waals surface area contributed by atoms with Crippen LogP contribution in [0.25, 0.3) is 0 Å². The smallest absolute Gasteiger partial charge is 0.0426 e. The standard InChI is InChI=1S/C14H19ClN2/c15-12-3-2-11(5-6-16)14(8-12)17-9-10-1-4-13(17)7-10/h2-3,8,10,13H,1,4-7,9,16H2. The molecule has 1 aromatic rings. The first-order valence-electron chi connectivity index (χ1n) is 6.53. The number of hydrogen-bond donors (Lipinski definition) is 1. The number of fused-ring (bicyclic) bond motifs is 2. The maximum Gasteiger partial charge on any atom is 0.0426 e. The van der Waals surface area contributed by atoms with Crippen LogP contribution in [0.4, 0.5) is 5.69 Å². The fourth-order valence-electron chi connectivity index (χ4n) is 3.39. The molecule has 2 aliphatic rings. The lowest BCUT2D eigenvalue weighted by atomic mass is 10.1. The van der Waals surface area contributed by atoms with Gasteiger partial charge in [-0.2, -0.15) is 0 Å². The first-order chi connectivity index (χ1) is 8.28. The first-order valence-corrected chi connectivity index (χ1v) is 6.91. The molecule has 3 rings (SSSR count). The molecule has 1 saturated heterocycles. The summed E-state index contributed by atoms with van der Waals surface area (Å²) in [7, 11) is 0. The first kappa shape index (κ1) is 11.4. The number of benzene rings is 1. The number of rotatable bonds is 3. The molecule has 0 radical (unpaired) electrons. The maximum atomic E-state index is 6.14. The van der Waals surface area contributed by atoms with Gasteiger partial charge in [-0.05, 0) is 55.8 Å². The van der Waals surface area contributed by atoms with Gasteiger partial charge in [0, 0.05) is 23.3 Å². The Morgan fingerprint density at radius 3 is 2.88 bits per heavy atom. The zero-order valence-corrected chi connectivity index (χ0v) is 10.8. The molecule has 0 aromatic heterocycles. The summed E-state index contributed by atoms with van der Waals surface area (Å²) in [6, 6.07) is 6.98. The van der Waals surface area contributed by atoms with Gasteiger partial charge in [0.2, 0.25) is 0 Å². The van der Waals surface area contributed by atoms with E-state index in [9.17, 15) is 0 Å². The Hall–Kier alpha value is -0.730. The van der Waals surface area contributed by atoms with Crippen LogP contribution in [0.5, 0.6) is 0 Å². The van der Waals surface area contributed by atoms with Crippen LogP contribution in [0, 0.1) is 5.92 Å². The predicted octanol–water partition coefficient (Wildman–Crippen LogP) is 2.83. The molecule has 92 valence electrons. The third kappa shape index (κ3) is 2.04. The van der Waals surface area contributed by atoms with Gasteiger partial charge in [0.25, 0.3) is 0 Å². The van der Waals surface area contributed by atoms with Gasteiger partial charge in [0.15, 0.2) is 0 Å². The molecule has 2 N–H and O–H groups in total. The van der Waals surface area contributed by atoms with E-state index in [4.69, 9.17) is 17.3 Å². The van der Waals surface area contributed by atoms with Crippen LogP contribution in [0.2, 0.25) is 5.02 Å². The zero-order chi connectivity index (χ0) is 11.8. The van der Waals surface area contributed by atoms with Gasteiger partial charge >= 0.3 is 0 Å². The number of anilines is 1. The molecule has 1 aliphatic heterocycles. The van der Waals surface area contributed by atoms with Crippen molar-refractivity contribution in [2.45, 2.75) is 31.7 Å². The van der Waals surface area contributed by atoms with E-state index in [2.05, 4.69) is 17.0 Å². The molecule has 2 bridgehead atoms. The van der Waals surface area contributed by atoms with Crippen molar-refractivity contribution in [3.63, 3.8) is 0 Å². The lowest BCUT2D eigenvalue weighted by molar-refractivity contribution is 0.552.